The molecule has 5 aromatic rings. The largest absolute Gasteiger partial charge is 0.0804 e. The highest BCUT2D eigenvalue weighted by atomic mass is 14.4. The predicted molar refractivity (Wildman–Crippen MR) is 214 cm³/mol. The monoisotopic (exact) mass is 646 g/mol. The van der Waals surface area contributed by atoms with E-state index in [-0.39, 0.29) is 5.41 Å². The Labute approximate surface area is 299 Å². The van der Waals surface area contributed by atoms with E-state index >= 15 is 0 Å². The molecule has 2 unspecified atom stereocenters. The smallest absolute Gasteiger partial charge is 0.0210 e. The Bertz CT molecular complexity index is 2060. The number of fused-ring (bicyclic) bond motifs is 2. The fourth-order valence-electron chi connectivity index (χ4n) is 7.29. The standard InChI is InChI=1S/C37H34.C13H12/c1-37-25-9-8-12-34(37)27-33(35-13-6-3-7-14-36(35)37)26-30-19-17-28(18-20-30)15-16-29-21-23-32(24-22-29)31-10-4-2-5-11-31;1-11-7-9-13(10-8-11)12-5-3-2-4-6-12/h2,4-14,17-25,27,34H,3,15-16,26H2,1H3;2-10H,1H3. The van der Waals surface area contributed by atoms with Crippen molar-refractivity contribution < 1.29 is 0 Å². The summed E-state index contributed by atoms with van der Waals surface area (Å²) < 4.78 is 0. The first-order valence-electron chi connectivity index (χ1n) is 18.0. The summed E-state index contributed by atoms with van der Waals surface area (Å²) in [4.78, 5) is 0. The van der Waals surface area contributed by atoms with Gasteiger partial charge in [0.15, 0.2) is 0 Å². The van der Waals surface area contributed by atoms with Crippen LogP contribution >= 0.6 is 0 Å². The molecule has 0 saturated heterocycles. The fraction of sp³-hybridized carbons (Fsp3) is 0.160. The minimum atomic E-state index is 0.0436. The maximum atomic E-state index is 2.51. The SMILES string of the molecule is CC12C=CC=CC1C=C(Cc1ccc(CCc3ccc(-c4ccccc4)cc3)cc1)C1=C2C=CCC=C1.Cc1ccc(-c2ccccc2)cc1. The van der Waals surface area contributed by atoms with E-state index in [4.69, 9.17) is 0 Å². The second-order valence-corrected chi connectivity index (χ2v) is 13.9. The summed E-state index contributed by atoms with van der Waals surface area (Å²) in [6.45, 7) is 4.49. The van der Waals surface area contributed by atoms with Crippen molar-refractivity contribution in [3.05, 3.63) is 227 Å². The third-order valence-corrected chi connectivity index (χ3v) is 10.3. The Morgan fingerprint density at radius 1 is 0.560 bits per heavy atom. The van der Waals surface area contributed by atoms with Crippen LogP contribution in [-0.2, 0) is 19.3 Å². The molecule has 0 bridgehead atoms. The molecule has 0 saturated carbocycles. The number of allylic oxidation sites excluding steroid dienone is 12. The third-order valence-electron chi connectivity index (χ3n) is 10.3. The summed E-state index contributed by atoms with van der Waals surface area (Å²) in [5, 5.41) is 0. The van der Waals surface area contributed by atoms with Crippen LogP contribution < -0.4 is 0 Å². The van der Waals surface area contributed by atoms with E-state index in [9.17, 15) is 0 Å². The minimum absolute atomic E-state index is 0.0436. The average Bonchev–Trinajstić information content (AvgIpc) is 3.44. The molecular formula is C50H46. The summed E-state index contributed by atoms with van der Waals surface area (Å²) in [6.07, 6.45) is 25.1. The summed E-state index contributed by atoms with van der Waals surface area (Å²) in [5.41, 5.74) is 15.0. The molecular weight excluding hydrogens is 601 g/mol. The number of rotatable bonds is 7. The molecule has 0 spiro atoms. The van der Waals surface area contributed by atoms with E-state index in [1.54, 1.807) is 0 Å². The van der Waals surface area contributed by atoms with Crippen molar-refractivity contribution in [1.82, 2.24) is 0 Å². The van der Waals surface area contributed by atoms with Gasteiger partial charge in [-0.05, 0) is 88.3 Å². The molecule has 5 aromatic carbocycles. The Balaban J connectivity index is 0.000000253. The molecule has 3 aliphatic rings. The molecule has 3 aliphatic carbocycles. The normalized spacial score (nSPS) is 18.8. The van der Waals surface area contributed by atoms with Crippen LogP contribution in [0.15, 0.2) is 205 Å². The highest BCUT2D eigenvalue weighted by Gasteiger charge is 2.38. The maximum Gasteiger partial charge on any atom is 0.0210 e. The number of benzene rings is 5. The van der Waals surface area contributed by atoms with Gasteiger partial charge in [0.2, 0.25) is 0 Å². The predicted octanol–water partition coefficient (Wildman–Crippen LogP) is 12.8. The van der Waals surface area contributed by atoms with Crippen molar-refractivity contribution in [1.29, 1.82) is 0 Å². The Kier molecular flexibility index (Phi) is 10.2. The molecule has 2 atom stereocenters. The third kappa shape index (κ3) is 7.72. The number of aryl methyl sites for hydroxylation is 3. The van der Waals surface area contributed by atoms with Crippen molar-refractivity contribution in [2.45, 2.75) is 39.5 Å². The van der Waals surface area contributed by atoms with Gasteiger partial charge in [-0.25, -0.2) is 0 Å². The summed E-state index contributed by atoms with van der Waals surface area (Å²) in [7, 11) is 0. The molecule has 246 valence electrons. The quantitative estimate of drug-likeness (QED) is 0.165. The minimum Gasteiger partial charge on any atom is -0.0804 e. The van der Waals surface area contributed by atoms with Gasteiger partial charge in [0.05, 0.1) is 0 Å². The van der Waals surface area contributed by atoms with E-state index in [1.807, 2.05) is 6.07 Å². The Hall–Kier alpha value is -5.46. The van der Waals surface area contributed by atoms with Gasteiger partial charge < -0.3 is 0 Å². The van der Waals surface area contributed by atoms with Crippen LogP contribution in [0.4, 0.5) is 0 Å². The Morgan fingerprint density at radius 3 is 1.70 bits per heavy atom. The summed E-state index contributed by atoms with van der Waals surface area (Å²) in [5.74, 6) is 0.412. The highest BCUT2D eigenvalue weighted by molar-refractivity contribution is 5.64. The molecule has 50 heavy (non-hydrogen) atoms. The van der Waals surface area contributed by atoms with Gasteiger partial charge in [0, 0.05) is 11.3 Å². The van der Waals surface area contributed by atoms with Gasteiger partial charge in [0.1, 0.15) is 0 Å². The molecule has 0 heteroatoms. The molecule has 0 aromatic heterocycles. The zero-order valence-electron chi connectivity index (χ0n) is 29.3. The lowest BCUT2D eigenvalue weighted by atomic mass is 9.63. The molecule has 0 nitrogen and oxygen atoms in total. The number of hydrogen-bond donors (Lipinski definition) is 0. The van der Waals surface area contributed by atoms with Crippen molar-refractivity contribution >= 4 is 0 Å². The lowest BCUT2D eigenvalue weighted by molar-refractivity contribution is 0.425. The first-order chi connectivity index (χ1) is 24.5. The van der Waals surface area contributed by atoms with E-state index < -0.39 is 0 Å². The molecule has 0 fully saturated rings. The zero-order chi connectivity index (χ0) is 34.2. The topological polar surface area (TPSA) is 0 Å². The van der Waals surface area contributed by atoms with E-state index in [0.717, 1.165) is 25.7 Å². The molecule has 0 radical (unpaired) electrons. The van der Waals surface area contributed by atoms with Gasteiger partial charge >= 0.3 is 0 Å². The van der Waals surface area contributed by atoms with Crippen LogP contribution in [0.3, 0.4) is 0 Å². The van der Waals surface area contributed by atoms with Gasteiger partial charge in [-0.15, -0.1) is 0 Å². The van der Waals surface area contributed by atoms with Crippen molar-refractivity contribution in [2.24, 2.45) is 11.3 Å². The fourth-order valence-corrected chi connectivity index (χ4v) is 7.29. The van der Waals surface area contributed by atoms with Crippen LogP contribution in [0.1, 0.15) is 35.6 Å². The van der Waals surface area contributed by atoms with Crippen LogP contribution in [-0.4, -0.2) is 0 Å². The first kappa shape index (κ1) is 33.1. The van der Waals surface area contributed by atoms with Gasteiger partial charge in [-0.1, -0.05) is 201 Å². The van der Waals surface area contributed by atoms with Crippen molar-refractivity contribution in [2.75, 3.05) is 0 Å². The van der Waals surface area contributed by atoms with Gasteiger partial charge in [0.25, 0.3) is 0 Å². The molecule has 0 N–H and O–H groups in total. The zero-order valence-corrected chi connectivity index (χ0v) is 29.3. The van der Waals surface area contributed by atoms with Gasteiger partial charge in [-0.2, -0.15) is 0 Å². The van der Waals surface area contributed by atoms with E-state index in [1.165, 1.54) is 61.2 Å². The average molecular weight is 647 g/mol. The lowest BCUT2D eigenvalue weighted by Crippen LogP contribution is -2.30. The van der Waals surface area contributed by atoms with Crippen LogP contribution in [0.25, 0.3) is 22.3 Å². The van der Waals surface area contributed by atoms with Crippen molar-refractivity contribution in [3.8, 4) is 22.3 Å². The molecule has 0 heterocycles. The molecule has 8 rings (SSSR count). The number of hydrogen-bond acceptors (Lipinski definition) is 0. The molecule has 0 aliphatic heterocycles. The second-order valence-electron chi connectivity index (χ2n) is 13.9. The second kappa shape index (κ2) is 15.4. The lowest BCUT2D eigenvalue weighted by Gasteiger charge is -2.40. The van der Waals surface area contributed by atoms with E-state index in [2.05, 4.69) is 196 Å². The van der Waals surface area contributed by atoms with Gasteiger partial charge in [-0.3, -0.25) is 0 Å². The highest BCUT2D eigenvalue weighted by Crippen LogP contribution is 2.49. The maximum absolute atomic E-state index is 2.51. The Morgan fingerprint density at radius 2 is 1.08 bits per heavy atom. The molecule has 0 amide bonds. The van der Waals surface area contributed by atoms with Crippen LogP contribution in [0.2, 0.25) is 0 Å². The van der Waals surface area contributed by atoms with Crippen LogP contribution in [0.5, 0.6) is 0 Å². The summed E-state index contributed by atoms with van der Waals surface area (Å²) >= 11 is 0. The van der Waals surface area contributed by atoms with Crippen molar-refractivity contribution in [3.63, 3.8) is 0 Å². The summed E-state index contributed by atoms with van der Waals surface area (Å²) in [6, 6.07) is 48.0. The van der Waals surface area contributed by atoms with E-state index in [0.29, 0.717) is 5.92 Å². The first-order valence-corrected chi connectivity index (χ1v) is 18.0. The van der Waals surface area contributed by atoms with Crippen LogP contribution in [0, 0.1) is 18.3 Å².